The van der Waals surface area contributed by atoms with Crippen molar-refractivity contribution in [3.05, 3.63) is 42.5 Å². The number of aromatic nitrogens is 1. The van der Waals surface area contributed by atoms with Crippen LogP contribution >= 0.6 is 0 Å². The molecule has 0 bridgehead atoms. The molecule has 0 aliphatic rings. The van der Waals surface area contributed by atoms with Crippen LogP contribution in [0.3, 0.4) is 0 Å². The zero-order valence-corrected chi connectivity index (χ0v) is 7.83. The fraction of sp³-hybridized carbons (Fsp3) is 0.200. The van der Waals surface area contributed by atoms with Gasteiger partial charge in [-0.25, -0.2) is 4.98 Å². The van der Waals surface area contributed by atoms with Crippen LogP contribution in [0.5, 0.6) is 0 Å². The smallest absolute Gasteiger partial charge is 0.251 e. The fourth-order valence-electron chi connectivity index (χ4n) is 0.893. The highest BCUT2D eigenvalue weighted by Crippen LogP contribution is 2.00. The Hall–Kier alpha value is -1.71. The average Bonchev–Trinajstić information content (AvgIpc) is 2.17. The predicted octanol–water partition coefficient (Wildman–Crippen LogP) is 1.52. The van der Waals surface area contributed by atoms with Gasteiger partial charge in [0.1, 0.15) is 0 Å². The molecule has 0 fully saturated rings. The predicted molar refractivity (Wildman–Crippen MR) is 51.3 cm³/mol. The Morgan fingerprint density at radius 1 is 1.79 bits per heavy atom. The molecule has 1 aromatic heterocycles. The summed E-state index contributed by atoms with van der Waals surface area (Å²) in [5, 5.41) is 2.62. The molecule has 1 aromatic rings. The van der Waals surface area contributed by atoms with Gasteiger partial charge in [-0.05, 0) is 13.0 Å². The highest BCUT2D eigenvalue weighted by molar-refractivity contribution is 5.94. The summed E-state index contributed by atoms with van der Waals surface area (Å²) in [5.74, 6) is -0.998. The zero-order valence-electron chi connectivity index (χ0n) is 7.83. The Balaban J connectivity index is 2.74. The van der Waals surface area contributed by atoms with Crippen molar-refractivity contribution in [2.75, 3.05) is 0 Å². The SMILES string of the molecule is C=CC(C)NC(=O)c1ccnc(F)c1. The van der Waals surface area contributed by atoms with Gasteiger partial charge >= 0.3 is 0 Å². The van der Waals surface area contributed by atoms with Crippen molar-refractivity contribution in [1.82, 2.24) is 10.3 Å². The van der Waals surface area contributed by atoms with Crippen molar-refractivity contribution < 1.29 is 9.18 Å². The van der Waals surface area contributed by atoms with E-state index in [4.69, 9.17) is 0 Å². The van der Waals surface area contributed by atoms with Gasteiger partial charge in [-0.1, -0.05) is 6.08 Å². The lowest BCUT2D eigenvalue weighted by Crippen LogP contribution is -2.30. The van der Waals surface area contributed by atoms with Crippen LogP contribution in [-0.2, 0) is 0 Å². The van der Waals surface area contributed by atoms with Crippen LogP contribution in [0.2, 0.25) is 0 Å². The molecule has 1 amide bonds. The topological polar surface area (TPSA) is 42.0 Å². The number of carbonyl (C=O) groups is 1. The minimum absolute atomic E-state index is 0.140. The van der Waals surface area contributed by atoms with Crippen molar-refractivity contribution in [1.29, 1.82) is 0 Å². The molecular formula is C10H11FN2O. The van der Waals surface area contributed by atoms with E-state index in [1.807, 2.05) is 0 Å². The second-order valence-electron chi connectivity index (χ2n) is 2.87. The summed E-state index contributed by atoms with van der Waals surface area (Å²) < 4.78 is 12.6. The van der Waals surface area contributed by atoms with Crippen molar-refractivity contribution >= 4 is 5.91 Å². The Labute approximate surface area is 81.7 Å². The Morgan fingerprint density at radius 2 is 2.50 bits per heavy atom. The summed E-state index contributed by atoms with van der Waals surface area (Å²) in [5.41, 5.74) is 0.256. The number of hydrogen-bond donors (Lipinski definition) is 1. The summed E-state index contributed by atoms with van der Waals surface area (Å²) in [6.45, 7) is 5.30. The van der Waals surface area contributed by atoms with Gasteiger partial charge in [0.25, 0.3) is 5.91 Å². The molecule has 1 atom stereocenters. The first-order valence-corrected chi connectivity index (χ1v) is 4.18. The lowest BCUT2D eigenvalue weighted by molar-refractivity contribution is 0.0946. The van der Waals surface area contributed by atoms with Crippen LogP contribution in [0.15, 0.2) is 31.0 Å². The van der Waals surface area contributed by atoms with Gasteiger partial charge in [-0.2, -0.15) is 4.39 Å². The van der Waals surface area contributed by atoms with E-state index in [0.717, 1.165) is 6.07 Å². The monoisotopic (exact) mass is 194 g/mol. The summed E-state index contributed by atoms with van der Waals surface area (Å²) in [6, 6.07) is 2.40. The number of rotatable bonds is 3. The quantitative estimate of drug-likeness (QED) is 0.585. The highest BCUT2D eigenvalue weighted by Gasteiger charge is 2.07. The minimum Gasteiger partial charge on any atom is -0.346 e. The number of amides is 1. The molecule has 0 aliphatic heterocycles. The molecule has 0 saturated heterocycles. The lowest BCUT2D eigenvalue weighted by Gasteiger charge is -2.08. The standard InChI is InChI=1S/C10H11FN2O/c1-3-7(2)13-10(14)8-4-5-12-9(11)6-8/h3-7H,1H2,2H3,(H,13,14). The summed E-state index contributed by atoms with van der Waals surface area (Å²) in [7, 11) is 0. The molecule has 4 heteroatoms. The Morgan fingerprint density at radius 3 is 3.07 bits per heavy atom. The third kappa shape index (κ3) is 2.65. The lowest BCUT2D eigenvalue weighted by atomic mass is 10.2. The van der Waals surface area contributed by atoms with Crippen molar-refractivity contribution in [3.63, 3.8) is 0 Å². The first kappa shape index (κ1) is 10.4. The largest absolute Gasteiger partial charge is 0.346 e. The second-order valence-corrected chi connectivity index (χ2v) is 2.87. The van der Waals surface area contributed by atoms with Crippen LogP contribution in [0, 0.1) is 5.95 Å². The van der Waals surface area contributed by atoms with Gasteiger partial charge in [0.2, 0.25) is 5.95 Å². The van der Waals surface area contributed by atoms with E-state index in [-0.39, 0.29) is 17.5 Å². The van der Waals surface area contributed by atoms with E-state index >= 15 is 0 Å². The molecule has 0 aliphatic carbocycles. The van der Waals surface area contributed by atoms with Crippen LogP contribution in [-0.4, -0.2) is 16.9 Å². The molecule has 0 aromatic carbocycles. The average molecular weight is 194 g/mol. The maximum absolute atomic E-state index is 12.6. The number of pyridine rings is 1. The maximum atomic E-state index is 12.6. The van der Waals surface area contributed by atoms with E-state index in [1.54, 1.807) is 13.0 Å². The van der Waals surface area contributed by atoms with Gasteiger partial charge in [0.15, 0.2) is 0 Å². The third-order valence-electron chi connectivity index (χ3n) is 1.70. The molecule has 14 heavy (non-hydrogen) atoms. The molecule has 3 nitrogen and oxygen atoms in total. The number of nitrogens with one attached hydrogen (secondary N) is 1. The first-order chi connectivity index (χ1) is 6.63. The molecule has 0 saturated carbocycles. The van der Waals surface area contributed by atoms with E-state index < -0.39 is 5.95 Å². The van der Waals surface area contributed by atoms with Crippen molar-refractivity contribution in [3.8, 4) is 0 Å². The molecular weight excluding hydrogens is 183 g/mol. The van der Waals surface area contributed by atoms with E-state index in [9.17, 15) is 9.18 Å². The molecule has 0 spiro atoms. The van der Waals surface area contributed by atoms with E-state index in [2.05, 4.69) is 16.9 Å². The summed E-state index contributed by atoms with van der Waals surface area (Å²) in [4.78, 5) is 14.8. The van der Waals surface area contributed by atoms with Crippen LogP contribution in [0.1, 0.15) is 17.3 Å². The summed E-state index contributed by atoms with van der Waals surface area (Å²) in [6.07, 6.45) is 2.85. The highest BCUT2D eigenvalue weighted by atomic mass is 19.1. The molecule has 1 N–H and O–H groups in total. The molecule has 0 radical (unpaired) electrons. The van der Waals surface area contributed by atoms with Gasteiger partial charge in [0.05, 0.1) is 0 Å². The Bertz CT molecular complexity index is 352. The van der Waals surface area contributed by atoms with E-state index in [1.165, 1.54) is 12.3 Å². The molecule has 1 unspecified atom stereocenters. The zero-order chi connectivity index (χ0) is 10.6. The third-order valence-corrected chi connectivity index (χ3v) is 1.70. The molecule has 74 valence electrons. The van der Waals surface area contributed by atoms with Crippen molar-refractivity contribution in [2.45, 2.75) is 13.0 Å². The van der Waals surface area contributed by atoms with Gasteiger partial charge in [0, 0.05) is 23.9 Å². The van der Waals surface area contributed by atoms with Crippen LogP contribution in [0.4, 0.5) is 4.39 Å². The van der Waals surface area contributed by atoms with Crippen molar-refractivity contribution in [2.24, 2.45) is 0 Å². The summed E-state index contributed by atoms with van der Waals surface area (Å²) >= 11 is 0. The normalized spacial score (nSPS) is 11.9. The number of nitrogens with zero attached hydrogens (tertiary/aromatic N) is 1. The van der Waals surface area contributed by atoms with E-state index in [0.29, 0.717) is 0 Å². The fourth-order valence-corrected chi connectivity index (χ4v) is 0.893. The van der Waals surface area contributed by atoms with Gasteiger partial charge in [-0.3, -0.25) is 4.79 Å². The Kier molecular flexibility index (Phi) is 3.34. The second kappa shape index (κ2) is 4.50. The molecule has 1 rings (SSSR count). The van der Waals surface area contributed by atoms with Gasteiger partial charge in [-0.15, -0.1) is 6.58 Å². The van der Waals surface area contributed by atoms with Gasteiger partial charge < -0.3 is 5.32 Å². The van der Waals surface area contributed by atoms with Crippen LogP contribution < -0.4 is 5.32 Å². The number of hydrogen-bond acceptors (Lipinski definition) is 2. The number of carbonyl (C=O) groups excluding carboxylic acids is 1. The minimum atomic E-state index is -0.663. The number of halogens is 1. The molecule has 1 heterocycles. The van der Waals surface area contributed by atoms with Crippen LogP contribution in [0.25, 0.3) is 0 Å². The maximum Gasteiger partial charge on any atom is 0.251 e. The first-order valence-electron chi connectivity index (χ1n) is 4.18.